The summed E-state index contributed by atoms with van der Waals surface area (Å²) in [5.41, 5.74) is 5.90. The van der Waals surface area contributed by atoms with Crippen molar-refractivity contribution in [3.8, 4) is 0 Å². The van der Waals surface area contributed by atoms with Crippen LogP contribution in [0.15, 0.2) is 0 Å². The largest absolute Gasteiger partial charge is 0.391 e. The number of nitrogens with one attached hydrogen (secondary N) is 4. The number of aliphatic hydroxyl groups excluding tert-OH is 1. The Morgan fingerprint density at radius 1 is 0.830 bits per heavy atom. The molecule has 2 bridgehead atoms. The highest BCUT2D eigenvalue weighted by Crippen LogP contribution is 2.28. The van der Waals surface area contributed by atoms with Crippen molar-refractivity contribution in [1.29, 1.82) is 0 Å². The zero-order chi connectivity index (χ0) is 35.3. The second kappa shape index (κ2) is 19.9. The molecular weight excluding hydrogens is 602 g/mol. The molecule has 270 valence electrons. The summed E-state index contributed by atoms with van der Waals surface area (Å²) in [6.45, 7) is 12.4. The van der Waals surface area contributed by atoms with Crippen LogP contribution in [0.5, 0.6) is 0 Å². The first kappa shape index (κ1) is 40.4. The molecular formula is C34H63N7O6. The van der Waals surface area contributed by atoms with Crippen molar-refractivity contribution in [2.75, 3.05) is 26.7 Å². The molecule has 0 aromatic rings. The topological polar surface area (TPSA) is 186 Å². The number of nitrogens with zero attached hydrogens (tertiary/aromatic N) is 2. The predicted molar refractivity (Wildman–Crippen MR) is 182 cm³/mol. The van der Waals surface area contributed by atoms with E-state index < -0.39 is 59.9 Å². The maximum Gasteiger partial charge on any atom is 0.245 e. The summed E-state index contributed by atoms with van der Waals surface area (Å²) >= 11 is 0. The Morgan fingerprint density at radius 3 is 2.02 bits per heavy atom. The molecule has 7 N–H and O–H groups in total. The number of nitrogens with two attached hydrogens (primary N) is 1. The normalized spacial score (nSPS) is 31.1. The van der Waals surface area contributed by atoms with Crippen LogP contribution in [-0.4, -0.2) is 113 Å². The van der Waals surface area contributed by atoms with E-state index in [-0.39, 0.29) is 30.3 Å². The predicted octanol–water partition coefficient (Wildman–Crippen LogP) is 1.02. The van der Waals surface area contributed by atoms with Crippen molar-refractivity contribution >= 4 is 29.5 Å². The first-order chi connectivity index (χ1) is 22.3. The van der Waals surface area contributed by atoms with Gasteiger partial charge >= 0.3 is 0 Å². The van der Waals surface area contributed by atoms with Crippen molar-refractivity contribution < 1.29 is 29.1 Å². The van der Waals surface area contributed by atoms with E-state index in [1.54, 1.807) is 7.05 Å². The molecule has 0 radical (unpaired) electrons. The van der Waals surface area contributed by atoms with Crippen LogP contribution in [0.3, 0.4) is 0 Å². The van der Waals surface area contributed by atoms with Gasteiger partial charge in [0.05, 0.1) is 12.1 Å². The Labute approximate surface area is 281 Å². The molecule has 7 unspecified atom stereocenters. The third kappa shape index (κ3) is 11.7. The molecule has 0 aromatic heterocycles. The molecule has 13 heteroatoms. The summed E-state index contributed by atoms with van der Waals surface area (Å²) in [6, 6.07) is -4.96. The molecule has 47 heavy (non-hydrogen) atoms. The van der Waals surface area contributed by atoms with E-state index in [9.17, 15) is 29.1 Å². The second-order valence-corrected chi connectivity index (χ2v) is 14.0. The third-order valence-corrected chi connectivity index (χ3v) is 9.30. The van der Waals surface area contributed by atoms with Crippen LogP contribution in [-0.2, 0) is 24.0 Å². The van der Waals surface area contributed by atoms with Crippen LogP contribution >= 0.6 is 0 Å². The van der Waals surface area contributed by atoms with Crippen LogP contribution in [0.25, 0.3) is 0 Å². The van der Waals surface area contributed by atoms with E-state index in [1.807, 2.05) is 25.7 Å². The van der Waals surface area contributed by atoms with Gasteiger partial charge in [-0.1, -0.05) is 66.7 Å². The third-order valence-electron chi connectivity index (χ3n) is 9.30. The van der Waals surface area contributed by atoms with Gasteiger partial charge in [-0.25, -0.2) is 0 Å². The van der Waals surface area contributed by atoms with Gasteiger partial charge in [-0.05, 0) is 50.9 Å². The van der Waals surface area contributed by atoms with E-state index in [4.69, 9.17) is 5.73 Å². The molecule has 3 aliphatic rings. The number of hydrogen-bond acceptors (Lipinski definition) is 8. The summed E-state index contributed by atoms with van der Waals surface area (Å²) in [6.07, 6.45) is 6.72. The first-order valence-corrected chi connectivity index (χ1v) is 17.9. The van der Waals surface area contributed by atoms with Crippen LogP contribution < -0.4 is 27.0 Å². The Balaban J connectivity index is 0.00000246. The number of likely N-dealkylation sites (N-methyl/N-ethyl adjacent to an activating group) is 1. The van der Waals surface area contributed by atoms with Crippen LogP contribution in [0.1, 0.15) is 106 Å². The summed E-state index contributed by atoms with van der Waals surface area (Å²) in [5.74, 6) is -2.41. The van der Waals surface area contributed by atoms with Gasteiger partial charge in [-0.3, -0.25) is 28.9 Å². The van der Waals surface area contributed by atoms with Crippen LogP contribution in [0.4, 0.5) is 0 Å². The molecule has 8 atom stereocenters. The zero-order valence-electron chi connectivity index (χ0n) is 29.8. The lowest BCUT2D eigenvalue weighted by molar-refractivity contribution is -0.145. The number of amides is 5. The molecule has 3 fully saturated rings. The number of carbonyl (C=O) groups excluding carboxylic acids is 5. The number of hydrogen-bond donors (Lipinski definition) is 6. The van der Waals surface area contributed by atoms with E-state index in [1.165, 1.54) is 18.2 Å². The number of fused-ring (bicyclic) bond motifs is 2. The van der Waals surface area contributed by atoms with E-state index in [0.717, 1.165) is 38.5 Å². The maximum atomic E-state index is 14.1. The molecule has 2 heterocycles. The fourth-order valence-electron chi connectivity index (χ4n) is 6.76. The quantitative estimate of drug-likeness (QED) is 0.233. The molecule has 2 saturated heterocycles. The summed E-state index contributed by atoms with van der Waals surface area (Å²) in [4.78, 5) is 72.0. The molecule has 0 aromatic carbocycles. The molecule has 2 aliphatic heterocycles. The minimum atomic E-state index is -1.27. The minimum absolute atomic E-state index is 0.101. The van der Waals surface area contributed by atoms with Gasteiger partial charge in [-0.2, -0.15) is 0 Å². The van der Waals surface area contributed by atoms with E-state index in [0.29, 0.717) is 32.4 Å². The highest BCUT2D eigenvalue weighted by Gasteiger charge is 2.41. The van der Waals surface area contributed by atoms with Crippen molar-refractivity contribution in [2.45, 2.75) is 148 Å². The fraction of sp³-hybridized carbons (Fsp3) is 0.853. The highest BCUT2D eigenvalue weighted by atomic mass is 16.3. The molecule has 0 spiro atoms. The Hall–Kier alpha value is -2.77. The molecule has 3 rings (SSSR count). The standard InChI is InChI=1S/C31H55N7O6.C3H8/c1-6-10-23-31(44)37(5)24(15-18(2)3)28(41)36-26(20-11-8-7-9-12-20)30(43)34-22(16-32)27(40)35-25(19(4)39)29(42)33-21-13-14-38(23)17-21;1-3-2/h18-26,39H,6-17,32H2,1-5H3,(H,33,42)(H,34,43)(H,35,40)(H,36,41);3H2,1-2H3/t19?,21-,22?,23?,24?,25?,26?;/m1./s1. The average molecular weight is 666 g/mol. The first-order valence-electron chi connectivity index (χ1n) is 17.9. The number of rotatable bonds is 7. The molecule has 1 aliphatic carbocycles. The molecule has 5 amide bonds. The average Bonchev–Trinajstić information content (AvgIpc) is 3.49. The molecule has 13 nitrogen and oxygen atoms in total. The Bertz CT molecular complexity index is 1030. The molecule has 1 saturated carbocycles. The second-order valence-electron chi connectivity index (χ2n) is 14.0. The minimum Gasteiger partial charge on any atom is -0.391 e. The van der Waals surface area contributed by atoms with Crippen LogP contribution in [0, 0.1) is 11.8 Å². The van der Waals surface area contributed by atoms with Crippen LogP contribution in [0.2, 0.25) is 0 Å². The lowest BCUT2D eigenvalue weighted by Crippen LogP contribution is -2.63. The lowest BCUT2D eigenvalue weighted by atomic mass is 9.83. The van der Waals surface area contributed by atoms with Gasteiger partial charge in [0.15, 0.2) is 0 Å². The maximum absolute atomic E-state index is 14.1. The van der Waals surface area contributed by atoms with Gasteiger partial charge in [0.1, 0.15) is 24.2 Å². The summed E-state index contributed by atoms with van der Waals surface area (Å²) in [7, 11) is 1.66. The SMILES string of the molecule is CCC.CCCC1C(=O)N(C)C(CC(C)C)C(=O)NC(C2CCCCC2)C(=O)NC(CN)C(=O)NC(C(C)O)C(=O)N[C@@H]2CCN1C2. The van der Waals surface area contributed by atoms with Gasteiger partial charge in [0.25, 0.3) is 0 Å². The Morgan fingerprint density at radius 2 is 1.47 bits per heavy atom. The summed E-state index contributed by atoms with van der Waals surface area (Å²) in [5, 5.41) is 21.6. The van der Waals surface area contributed by atoms with Gasteiger partial charge in [0.2, 0.25) is 29.5 Å². The van der Waals surface area contributed by atoms with Crippen molar-refractivity contribution in [3.05, 3.63) is 0 Å². The van der Waals surface area contributed by atoms with Crippen molar-refractivity contribution in [1.82, 2.24) is 31.1 Å². The van der Waals surface area contributed by atoms with E-state index in [2.05, 4.69) is 35.1 Å². The van der Waals surface area contributed by atoms with Gasteiger partial charge in [0, 0.05) is 32.7 Å². The number of aliphatic hydroxyl groups is 1. The number of carbonyl (C=O) groups is 5. The van der Waals surface area contributed by atoms with Crippen molar-refractivity contribution in [2.24, 2.45) is 17.6 Å². The Kier molecular flexibility index (Phi) is 17.1. The fourth-order valence-corrected chi connectivity index (χ4v) is 6.76. The van der Waals surface area contributed by atoms with Gasteiger partial charge < -0.3 is 37.0 Å². The summed E-state index contributed by atoms with van der Waals surface area (Å²) < 4.78 is 0. The van der Waals surface area contributed by atoms with E-state index >= 15 is 0 Å². The van der Waals surface area contributed by atoms with Crippen molar-refractivity contribution in [3.63, 3.8) is 0 Å². The zero-order valence-corrected chi connectivity index (χ0v) is 29.8. The monoisotopic (exact) mass is 665 g/mol. The smallest absolute Gasteiger partial charge is 0.245 e. The lowest BCUT2D eigenvalue weighted by Gasteiger charge is -2.37. The van der Waals surface area contributed by atoms with Gasteiger partial charge in [-0.15, -0.1) is 0 Å². The highest BCUT2D eigenvalue weighted by molar-refractivity contribution is 5.96.